The summed E-state index contributed by atoms with van der Waals surface area (Å²) in [5.41, 5.74) is 0.900. The van der Waals surface area contributed by atoms with E-state index < -0.39 is 35.4 Å². The van der Waals surface area contributed by atoms with Gasteiger partial charge in [-0.2, -0.15) is 0 Å². The van der Waals surface area contributed by atoms with Gasteiger partial charge in [-0.25, -0.2) is 19.4 Å². The maximum Gasteiger partial charge on any atom is 0.410 e. The van der Waals surface area contributed by atoms with Gasteiger partial charge in [0.05, 0.1) is 19.2 Å². The monoisotopic (exact) mass is 546 g/mol. The first kappa shape index (κ1) is 28.9. The number of hydrogen-bond donors (Lipinski definition) is 3. The highest BCUT2D eigenvalue weighted by Gasteiger charge is 2.46. The van der Waals surface area contributed by atoms with Gasteiger partial charge in [-0.15, -0.1) is 0 Å². The Hall–Kier alpha value is -3.08. The molecule has 3 aliphatic rings. The zero-order valence-electron chi connectivity index (χ0n) is 23.5. The maximum absolute atomic E-state index is 12.4. The van der Waals surface area contributed by atoms with Crippen molar-refractivity contribution in [2.75, 3.05) is 31.6 Å². The molecule has 1 saturated heterocycles. The summed E-state index contributed by atoms with van der Waals surface area (Å²) in [4.78, 5) is 42.3. The lowest BCUT2D eigenvalue weighted by atomic mass is 9.79. The molecule has 1 aromatic rings. The normalized spacial score (nSPS) is 22.3. The number of rotatable bonds is 10. The van der Waals surface area contributed by atoms with Crippen molar-refractivity contribution in [2.45, 2.75) is 96.0 Å². The van der Waals surface area contributed by atoms with Crippen molar-refractivity contribution in [3.05, 3.63) is 23.4 Å². The van der Waals surface area contributed by atoms with Gasteiger partial charge in [-0.1, -0.05) is 6.07 Å². The fourth-order valence-corrected chi connectivity index (χ4v) is 5.19. The first-order valence-corrected chi connectivity index (χ1v) is 13.9. The molecule has 1 atom stereocenters. The number of carbonyl (C=O) groups excluding carboxylic acids is 2. The Morgan fingerprint density at radius 2 is 2.00 bits per heavy atom. The molecule has 1 unspecified atom stereocenters. The molecule has 0 spiro atoms. The van der Waals surface area contributed by atoms with Crippen LogP contribution in [0.4, 0.5) is 15.4 Å². The van der Waals surface area contributed by atoms with Gasteiger partial charge in [0.25, 0.3) is 0 Å². The molecule has 0 aromatic carbocycles. The fourth-order valence-electron chi connectivity index (χ4n) is 5.19. The van der Waals surface area contributed by atoms with E-state index in [1.165, 1.54) is 10.5 Å². The van der Waals surface area contributed by atoms with Crippen molar-refractivity contribution >= 4 is 24.0 Å². The average molecular weight is 547 g/mol. The highest BCUT2D eigenvalue weighted by molar-refractivity contribution is 5.80. The lowest BCUT2D eigenvalue weighted by Crippen LogP contribution is -2.65. The number of aryl methyl sites for hydroxylation is 2. The molecule has 2 fully saturated rings. The average Bonchev–Trinajstić information content (AvgIpc) is 2.81. The maximum atomic E-state index is 12.4. The molecule has 2 aliphatic heterocycles. The summed E-state index contributed by atoms with van der Waals surface area (Å²) in [6.07, 6.45) is 5.07. The zero-order valence-corrected chi connectivity index (χ0v) is 23.5. The smallest absolute Gasteiger partial charge is 0.410 e. The van der Waals surface area contributed by atoms with Gasteiger partial charge >= 0.3 is 18.2 Å². The van der Waals surface area contributed by atoms with Crippen LogP contribution in [0.3, 0.4) is 0 Å². The number of nitrogens with one attached hydrogen (secondary N) is 2. The minimum Gasteiger partial charge on any atom is -0.480 e. The van der Waals surface area contributed by atoms with Crippen LogP contribution in [0.25, 0.3) is 0 Å². The summed E-state index contributed by atoms with van der Waals surface area (Å²) < 4.78 is 16.6. The van der Waals surface area contributed by atoms with Crippen molar-refractivity contribution < 1.29 is 33.7 Å². The third-order valence-electron chi connectivity index (χ3n) is 7.34. The molecule has 1 aromatic heterocycles. The van der Waals surface area contributed by atoms with E-state index in [1.807, 2.05) is 0 Å². The summed E-state index contributed by atoms with van der Waals surface area (Å²) in [7, 11) is 0. The van der Waals surface area contributed by atoms with Gasteiger partial charge in [0, 0.05) is 25.3 Å². The lowest BCUT2D eigenvalue weighted by molar-refractivity contribution is -0.140. The predicted octanol–water partition coefficient (Wildman–Crippen LogP) is 3.75. The number of hydrogen-bond acceptors (Lipinski definition) is 8. The number of anilines is 1. The SMILES string of the molecule is CC(C)(C)OC(=O)N1CC(C)(OC(=O)NC(CCOC2CC(CCc3ccc4c(n3)NCCC4)C2)C(=O)O)C1. The van der Waals surface area contributed by atoms with E-state index in [1.54, 1.807) is 27.7 Å². The number of carboxylic acid groups (broad SMARTS) is 1. The van der Waals surface area contributed by atoms with E-state index in [9.17, 15) is 19.5 Å². The summed E-state index contributed by atoms with van der Waals surface area (Å²) in [5, 5.41) is 15.3. The van der Waals surface area contributed by atoms with E-state index in [4.69, 9.17) is 19.2 Å². The number of fused-ring (bicyclic) bond motifs is 1. The van der Waals surface area contributed by atoms with Crippen molar-refractivity contribution in [2.24, 2.45) is 5.92 Å². The first-order chi connectivity index (χ1) is 18.4. The first-order valence-electron chi connectivity index (χ1n) is 13.9. The molecule has 1 saturated carbocycles. The Balaban J connectivity index is 1.10. The van der Waals surface area contributed by atoms with Gasteiger partial charge in [0.2, 0.25) is 0 Å². The molecule has 39 heavy (non-hydrogen) atoms. The molecule has 1 aliphatic carbocycles. The van der Waals surface area contributed by atoms with E-state index in [0.29, 0.717) is 5.92 Å². The standard InChI is InChI=1S/C28H42N4O7/c1-27(2,3)39-26(36)32-16-28(4,17-32)38-25(35)31-22(24(33)34)11-13-37-21-14-18(15-21)7-9-20-10-8-19-6-5-12-29-23(19)30-20/h8,10,18,21-22H,5-7,9,11-17H2,1-4H3,(H,29,30)(H,31,35)(H,33,34). The van der Waals surface area contributed by atoms with Crippen LogP contribution in [-0.4, -0.2) is 82.7 Å². The minimum atomic E-state index is -1.15. The number of amides is 2. The molecular formula is C28H42N4O7. The summed E-state index contributed by atoms with van der Waals surface area (Å²) in [6.45, 7) is 8.60. The minimum absolute atomic E-state index is 0.113. The van der Waals surface area contributed by atoms with Crippen molar-refractivity contribution in [1.82, 2.24) is 15.2 Å². The Kier molecular flexibility index (Phi) is 8.88. The topological polar surface area (TPSA) is 139 Å². The second-order valence-electron chi connectivity index (χ2n) is 12.2. The molecule has 11 nitrogen and oxygen atoms in total. The number of carboxylic acids is 1. The number of alkyl carbamates (subject to hydrolysis) is 1. The molecule has 0 radical (unpaired) electrons. The Labute approximate surface area is 230 Å². The molecule has 2 amide bonds. The Morgan fingerprint density at radius 3 is 2.69 bits per heavy atom. The largest absolute Gasteiger partial charge is 0.480 e. The van der Waals surface area contributed by atoms with Gasteiger partial charge in [-0.05, 0) is 83.8 Å². The molecule has 3 heterocycles. The van der Waals surface area contributed by atoms with E-state index in [-0.39, 0.29) is 32.2 Å². The summed E-state index contributed by atoms with van der Waals surface area (Å²) in [6, 6.07) is 3.19. The number of ether oxygens (including phenoxy) is 3. The number of carbonyl (C=O) groups is 3. The fraction of sp³-hybridized carbons (Fsp3) is 0.714. The highest BCUT2D eigenvalue weighted by atomic mass is 16.6. The number of pyridine rings is 1. The number of aromatic nitrogens is 1. The van der Waals surface area contributed by atoms with Crippen LogP contribution in [0.5, 0.6) is 0 Å². The van der Waals surface area contributed by atoms with Crippen LogP contribution in [0, 0.1) is 5.92 Å². The van der Waals surface area contributed by atoms with Crippen molar-refractivity contribution in [1.29, 1.82) is 0 Å². The number of nitrogens with zero attached hydrogens (tertiary/aromatic N) is 2. The second kappa shape index (κ2) is 12.0. The van der Waals surface area contributed by atoms with Gasteiger partial charge in [0.1, 0.15) is 23.1 Å². The molecule has 11 heteroatoms. The van der Waals surface area contributed by atoms with Gasteiger partial charge < -0.3 is 34.9 Å². The molecule has 216 valence electrons. The molecule has 3 N–H and O–H groups in total. The summed E-state index contributed by atoms with van der Waals surface area (Å²) in [5.74, 6) is 0.458. The quantitative estimate of drug-likeness (QED) is 0.400. The number of aliphatic carboxylic acids is 1. The molecule has 0 bridgehead atoms. The molecule has 4 rings (SSSR count). The Bertz CT molecular complexity index is 1040. The van der Waals surface area contributed by atoms with Crippen LogP contribution in [-0.2, 0) is 31.8 Å². The number of likely N-dealkylation sites (tertiary alicyclic amines) is 1. The van der Waals surface area contributed by atoms with E-state index in [2.05, 4.69) is 22.8 Å². The molecular weight excluding hydrogens is 504 g/mol. The summed E-state index contributed by atoms with van der Waals surface area (Å²) >= 11 is 0. The van der Waals surface area contributed by atoms with Gasteiger partial charge in [0.15, 0.2) is 0 Å². The van der Waals surface area contributed by atoms with Crippen LogP contribution in [0.1, 0.15) is 71.1 Å². The predicted molar refractivity (Wildman–Crippen MR) is 144 cm³/mol. The van der Waals surface area contributed by atoms with Crippen LogP contribution in [0.2, 0.25) is 0 Å². The van der Waals surface area contributed by atoms with Crippen LogP contribution in [0.15, 0.2) is 12.1 Å². The van der Waals surface area contributed by atoms with Crippen molar-refractivity contribution in [3.8, 4) is 0 Å². The van der Waals surface area contributed by atoms with Crippen LogP contribution >= 0.6 is 0 Å². The van der Waals surface area contributed by atoms with Gasteiger partial charge in [-0.3, -0.25) is 0 Å². The second-order valence-corrected chi connectivity index (χ2v) is 12.2. The van der Waals surface area contributed by atoms with E-state index >= 15 is 0 Å². The third kappa shape index (κ3) is 8.20. The van der Waals surface area contributed by atoms with Crippen molar-refractivity contribution in [3.63, 3.8) is 0 Å². The lowest BCUT2D eigenvalue weighted by Gasteiger charge is -2.46. The van der Waals surface area contributed by atoms with Crippen LogP contribution < -0.4 is 10.6 Å². The highest BCUT2D eigenvalue weighted by Crippen LogP contribution is 2.34. The third-order valence-corrected chi connectivity index (χ3v) is 7.34. The Morgan fingerprint density at radius 1 is 1.26 bits per heavy atom. The zero-order chi connectivity index (χ0) is 28.2. The van der Waals surface area contributed by atoms with E-state index in [0.717, 1.165) is 56.6 Å².